The molecule has 0 aromatic rings. The predicted octanol–water partition coefficient (Wildman–Crippen LogP) is 1.76. The van der Waals surface area contributed by atoms with Crippen LogP contribution in [0.5, 0.6) is 0 Å². The maximum Gasteiger partial charge on any atom is 0.305 e. The molecule has 1 aliphatic rings. The molecule has 1 fully saturated rings. The zero-order valence-corrected chi connectivity index (χ0v) is 8.25. The predicted molar refractivity (Wildman–Crippen MR) is 49.4 cm³/mol. The second-order valence-corrected chi connectivity index (χ2v) is 3.52. The second kappa shape index (κ2) is 5.97. The summed E-state index contributed by atoms with van der Waals surface area (Å²) in [6.07, 6.45) is 5.20. The van der Waals surface area contributed by atoms with E-state index in [4.69, 9.17) is 4.74 Å². The number of carbonyl (C=O) groups is 1. The van der Waals surface area contributed by atoms with Crippen LogP contribution in [-0.2, 0) is 14.3 Å². The number of methoxy groups -OCH3 is 1. The van der Waals surface area contributed by atoms with E-state index in [9.17, 15) is 4.79 Å². The summed E-state index contributed by atoms with van der Waals surface area (Å²) >= 11 is 0. The summed E-state index contributed by atoms with van der Waals surface area (Å²) in [6, 6.07) is 0. The zero-order chi connectivity index (χ0) is 9.52. The Hall–Kier alpha value is -0.570. The van der Waals surface area contributed by atoms with Crippen LogP contribution in [0, 0.1) is 5.92 Å². The van der Waals surface area contributed by atoms with Crippen LogP contribution in [0.15, 0.2) is 0 Å². The van der Waals surface area contributed by atoms with E-state index in [0.717, 1.165) is 18.9 Å². The number of rotatable bonds is 7. The third-order valence-corrected chi connectivity index (χ3v) is 2.26. The highest BCUT2D eigenvalue weighted by Crippen LogP contribution is 2.32. The van der Waals surface area contributed by atoms with E-state index in [1.807, 2.05) is 0 Å². The number of esters is 1. The van der Waals surface area contributed by atoms with Gasteiger partial charge in [-0.25, -0.2) is 0 Å². The van der Waals surface area contributed by atoms with Crippen LogP contribution in [0.2, 0.25) is 0 Å². The number of ether oxygens (including phenoxy) is 2. The average Bonchev–Trinajstić information content (AvgIpc) is 2.94. The summed E-state index contributed by atoms with van der Waals surface area (Å²) < 4.78 is 9.88. The third-order valence-electron chi connectivity index (χ3n) is 2.26. The van der Waals surface area contributed by atoms with Crippen LogP contribution < -0.4 is 0 Å². The molecule has 1 rings (SSSR count). The maximum atomic E-state index is 10.7. The largest absolute Gasteiger partial charge is 0.469 e. The fourth-order valence-corrected chi connectivity index (χ4v) is 1.18. The standard InChI is InChI=1S/C10H18O3/c1-12-10(11)3-2-7-13-8-6-9-4-5-9/h9H,2-8H2,1H3. The maximum absolute atomic E-state index is 10.7. The first-order valence-corrected chi connectivity index (χ1v) is 4.97. The molecule has 0 aromatic heterocycles. The molecule has 0 radical (unpaired) electrons. The van der Waals surface area contributed by atoms with Gasteiger partial charge in [0.2, 0.25) is 0 Å². The van der Waals surface area contributed by atoms with Gasteiger partial charge >= 0.3 is 5.97 Å². The van der Waals surface area contributed by atoms with Crippen LogP contribution >= 0.6 is 0 Å². The van der Waals surface area contributed by atoms with E-state index >= 15 is 0 Å². The molecule has 13 heavy (non-hydrogen) atoms. The van der Waals surface area contributed by atoms with Crippen LogP contribution in [0.1, 0.15) is 32.1 Å². The first kappa shape index (κ1) is 10.5. The highest BCUT2D eigenvalue weighted by atomic mass is 16.5. The molecule has 0 spiro atoms. The van der Waals surface area contributed by atoms with Gasteiger partial charge in [-0.2, -0.15) is 0 Å². The molecule has 0 aliphatic heterocycles. The van der Waals surface area contributed by atoms with Gasteiger partial charge in [0.1, 0.15) is 0 Å². The molecule has 0 saturated heterocycles. The Labute approximate surface area is 79.4 Å². The van der Waals surface area contributed by atoms with Crippen molar-refractivity contribution in [3.8, 4) is 0 Å². The van der Waals surface area contributed by atoms with Gasteiger partial charge in [0.05, 0.1) is 7.11 Å². The van der Waals surface area contributed by atoms with Crippen molar-refractivity contribution >= 4 is 5.97 Å². The molecule has 76 valence electrons. The molecule has 0 unspecified atom stereocenters. The van der Waals surface area contributed by atoms with Gasteiger partial charge in [0, 0.05) is 19.6 Å². The third kappa shape index (κ3) is 5.64. The Balaban J connectivity index is 1.75. The van der Waals surface area contributed by atoms with Crippen molar-refractivity contribution in [3.05, 3.63) is 0 Å². The first-order chi connectivity index (χ1) is 6.33. The summed E-state index contributed by atoms with van der Waals surface area (Å²) in [5, 5.41) is 0. The topological polar surface area (TPSA) is 35.5 Å². The molecular weight excluding hydrogens is 168 g/mol. The SMILES string of the molecule is COC(=O)CCCOCCC1CC1. The van der Waals surface area contributed by atoms with Gasteiger partial charge in [-0.3, -0.25) is 4.79 Å². The van der Waals surface area contributed by atoms with E-state index in [1.54, 1.807) is 0 Å². The molecular formula is C10H18O3. The lowest BCUT2D eigenvalue weighted by atomic mass is 10.3. The van der Waals surface area contributed by atoms with Gasteiger partial charge < -0.3 is 9.47 Å². The van der Waals surface area contributed by atoms with Crippen LogP contribution in [0.4, 0.5) is 0 Å². The van der Waals surface area contributed by atoms with E-state index < -0.39 is 0 Å². The molecule has 3 nitrogen and oxygen atoms in total. The minimum atomic E-state index is -0.147. The lowest BCUT2D eigenvalue weighted by Crippen LogP contribution is -2.03. The fraction of sp³-hybridized carbons (Fsp3) is 0.900. The summed E-state index contributed by atoms with van der Waals surface area (Å²) in [7, 11) is 1.41. The van der Waals surface area contributed by atoms with Crippen molar-refractivity contribution in [2.45, 2.75) is 32.1 Å². The zero-order valence-electron chi connectivity index (χ0n) is 8.25. The summed E-state index contributed by atoms with van der Waals surface area (Å²) in [5.74, 6) is 0.784. The normalized spacial score (nSPS) is 15.8. The Morgan fingerprint density at radius 2 is 2.15 bits per heavy atom. The van der Waals surface area contributed by atoms with Crippen molar-refractivity contribution < 1.29 is 14.3 Å². The van der Waals surface area contributed by atoms with Crippen LogP contribution in [0.25, 0.3) is 0 Å². The highest BCUT2D eigenvalue weighted by molar-refractivity contribution is 5.68. The monoisotopic (exact) mass is 186 g/mol. The molecule has 0 heterocycles. The van der Waals surface area contributed by atoms with Crippen molar-refractivity contribution in [3.63, 3.8) is 0 Å². The molecule has 1 aliphatic carbocycles. The lowest BCUT2D eigenvalue weighted by Gasteiger charge is -2.02. The molecule has 0 N–H and O–H groups in total. The Bertz CT molecular complexity index is 152. The van der Waals surface area contributed by atoms with Crippen molar-refractivity contribution in [1.29, 1.82) is 0 Å². The van der Waals surface area contributed by atoms with Crippen LogP contribution in [-0.4, -0.2) is 26.3 Å². The summed E-state index contributed by atoms with van der Waals surface area (Å²) in [4.78, 5) is 10.7. The number of hydrogen-bond donors (Lipinski definition) is 0. The molecule has 1 saturated carbocycles. The highest BCUT2D eigenvalue weighted by Gasteiger charge is 2.20. The van der Waals surface area contributed by atoms with Gasteiger partial charge in [0.15, 0.2) is 0 Å². The molecule has 0 amide bonds. The number of hydrogen-bond acceptors (Lipinski definition) is 3. The van der Waals surface area contributed by atoms with E-state index in [0.29, 0.717) is 13.0 Å². The fourth-order valence-electron chi connectivity index (χ4n) is 1.18. The second-order valence-electron chi connectivity index (χ2n) is 3.52. The lowest BCUT2D eigenvalue weighted by molar-refractivity contribution is -0.141. The Morgan fingerprint density at radius 3 is 2.77 bits per heavy atom. The molecule has 0 aromatic carbocycles. The van der Waals surface area contributed by atoms with Crippen molar-refractivity contribution in [1.82, 2.24) is 0 Å². The molecule has 3 heteroatoms. The average molecular weight is 186 g/mol. The van der Waals surface area contributed by atoms with Crippen molar-refractivity contribution in [2.75, 3.05) is 20.3 Å². The van der Waals surface area contributed by atoms with Gasteiger partial charge in [-0.05, 0) is 18.8 Å². The number of carbonyl (C=O) groups excluding carboxylic acids is 1. The van der Waals surface area contributed by atoms with E-state index in [2.05, 4.69) is 4.74 Å². The van der Waals surface area contributed by atoms with Gasteiger partial charge in [-0.15, -0.1) is 0 Å². The first-order valence-electron chi connectivity index (χ1n) is 4.97. The van der Waals surface area contributed by atoms with E-state index in [1.165, 1.54) is 26.4 Å². The molecule has 0 atom stereocenters. The Kier molecular flexibility index (Phi) is 4.83. The Morgan fingerprint density at radius 1 is 1.38 bits per heavy atom. The summed E-state index contributed by atoms with van der Waals surface area (Å²) in [6.45, 7) is 1.54. The smallest absolute Gasteiger partial charge is 0.305 e. The minimum absolute atomic E-state index is 0.147. The van der Waals surface area contributed by atoms with Crippen LogP contribution in [0.3, 0.4) is 0 Å². The van der Waals surface area contributed by atoms with E-state index in [-0.39, 0.29) is 5.97 Å². The minimum Gasteiger partial charge on any atom is -0.469 e. The van der Waals surface area contributed by atoms with Crippen molar-refractivity contribution in [2.24, 2.45) is 5.92 Å². The molecule has 0 bridgehead atoms. The summed E-state index contributed by atoms with van der Waals surface area (Å²) in [5.41, 5.74) is 0. The van der Waals surface area contributed by atoms with Gasteiger partial charge in [0.25, 0.3) is 0 Å². The quantitative estimate of drug-likeness (QED) is 0.449. The van der Waals surface area contributed by atoms with Gasteiger partial charge in [-0.1, -0.05) is 12.8 Å².